The number of hydrogen-bond acceptors (Lipinski definition) is 2. The van der Waals surface area contributed by atoms with Crippen LogP contribution in [-0.2, 0) is 0 Å². The van der Waals surface area contributed by atoms with Crippen molar-refractivity contribution >= 4 is 0 Å². The summed E-state index contributed by atoms with van der Waals surface area (Å²) < 4.78 is 33.9. The molecule has 28 heavy (non-hydrogen) atoms. The third-order valence-corrected chi connectivity index (χ3v) is 5.96. The first kappa shape index (κ1) is 20.3. The van der Waals surface area contributed by atoms with Crippen LogP contribution in [0, 0.1) is 34.8 Å². The number of nitrogens with zero attached hydrogens (tertiary/aromatic N) is 1. The van der Waals surface area contributed by atoms with Crippen LogP contribution in [0.4, 0.5) is 8.78 Å². The van der Waals surface area contributed by atoms with Crippen molar-refractivity contribution in [3.05, 3.63) is 65.2 Å². The molecular weight excluding hydrogens is 356 g/mol. The van der Waals surface area contributed by atoms with Gasteiger partial charge in [-0.05, 0) is 30.2 Å². The molecule has 1 aliphatic rings. The lowest BCUT2D eigenvalue weighted by Gasteiger charge is -2.29. The quantitative estimate of drug-likeness (QED) is 0.518. The molecule has 2 aromatic rings. The van der Waals surface area contributed by atoms with Gasteiger partial charge in [-0.15, -0.1) is 0 Å². The largest absolute Gasteiger partial charge is 0.486 e. The van der Waals surface area contributed by atoms with Crippen LogP contribution in [-0.4, -0.2) is 0 Å². The van der Waals surface area contributed by atoms with Gasteiger partial charge < -0.3 is 4.74 Å². The normalized spacial score (nSPS) is 20.4. The van der Waals surface area contributed by atoms with E-state index in [-0.39, 0.29) is 11.9 Å². The van der Waals surface area contributed by atoms with E-state index in [1.807, 2.05) is 30.3 Å². The molecule has 2 nitrogen and oxygen atoms in total. The van der Waals surface area contributed by atoms with Crippen LogP contribution in [0.5, 0.6) is 5.75 Å². The summed E-state index contributed by atoms with van der Waals surface area (Å²) >= 11 is 0. The maximum absolute atomic E-state index is 14.0. The number of hydrogen-bond donors (Lipinski definition) is 0. The summed E-state index contributed by atoms with van der Waals surface area (Å²) in [5.41, 5.74) is 0.422. The minimum atomic E-state index is -0.887. The zero-order valence-electron chi connectivity index (χ0n) is 16.3. The van der Waals surface area contributed by atoms with Crippen LogP contribution in [0.25, 0.3) is 0 Å². The van der Waals surface area contributed by atoms with Gasteiger partial charge in [0.15, 0.2) is 0 Å². The van der Waals surface area contributed by atoms with Crippen molar-refractivity contribution in [3.8, 4) is 11.8 Å². The van der Waals surface area contributed by atoms with Crippen LogP contribution in [0.3, 0.4) is 0 Å². The van der Waals surface area contributed by atoms with E-state index in [0.717, 1.165) is 36.5 Å². The van der Waals surface area contributed by atoms with Gasteiger partial charge in [0.2, 0.25) is 0 Å². The standard InChI is InChI=1S/C24H27F2NO/c1-2-17-8-10-18(11-9-17)12-13-24(19-6-4-3-5-7-19)28-20-14-22(25)21(16-27)23(26)15-20/h3-7,14-15,17-18,24H,2,8-13H2,1H3. The fourth-order valence-corrected chi connectivity index (χ4v) is 4.17. The van der Waals surface area contributed by atoms with Gasteiger partial charge in [-0.25, -0.2) is 8.78 Å². The van der Waals surface area contributed by atoms with E-state index in [1.54, 1.807) is 6.07 Å². The molecule has 148 valence electrons. The highest BCUT2D eigenvalue weighted by atomic mass is 19.1. The first-order valence-corrected chi connectivity index (χ1v) is 10.2. The summed E-state index contributed by atoms with van der Waals surface area (Å²) in [6, 6.07) is 13.5. The van der Waals surface area contributed by atoms with Gasteiger partial charge in [0.05, 0.1) is 0 Å². The monoisotopic (exact) mass is 383 g/mol. The molecule has 0 aromatic heterocycles. The summed E-state index contributed by atoms with van der Waals surface area (Å²) in [6.07, 6.45) is 7.93. The van der Waals surface area contributed by atoms with Gasteiger partial charge in [-0.1, -0.05) is 69.4 Å². The van der Waals surface area contributed by atoms with E-state index in [4.69, 9.17) is 10.00 Å². The van der Waals surface area contributed by atoms with Gasteiger partial charge in [-0.2, -0.15) is 5.26 Å². The SMILES string of the molecule is CCC1CCC(CCC(Oc2cc(F)c(C#N)c(F)c2)c2ccccc2)CC1. The Hall–Kier alpha value is -2.41. The number of nitriles is 1. The van der Waals surface area contributed by atoms with Crippen LogP contribution >= 0.6 is 0 Å². The molecule has 0 spiro atoms. The number of halogens is 2. The molecule has 2 aromatic carbocycles. The minimum Gasteiger partial charge on any atom is -0.486 e. The van der Waals surface area contributed by atoms with Gasteiger partial charge in [0, 0.05) is 12.1 Å². The second-order valence-electron chi connectivity index (χ2n) is 7.76. The Morgan fingerprint density at radius 3 is 2.21 bits per heavy atom. The third kappa shape index (κ3) is 5.10. The Labute approximate surface area is 166 Å². The molecule has 0 amide bonds. The van der Waals surface area contributed by atoms with Crippen LogP contribution in [0.1, 0.15) is 69.1 Å². The Bertz CT molecular complexity index is 784. The van der Waals surface area contributed by atoms with Crippen molar-refractivity contribution in [1.82, 2.24) is 0 Å². The van der Waals surface area contributed by atoms with Gasteiger partial charge in [0.1, 0.15) is 35.1 Å². The van der Waals surface area contributed by atoms with Crippen LogP contribution in [0.15, 0.2) is 42.5 Å². The lowest BCUT2D eigenvalue weighted by Crippen LogP contribution is -2.16. The molecule has 0 saturated heterocycles. The van der Waals surface area contributed by atoms with Crippen molar-refractivity contribution in [2.24, 2.45) is 11.8 Å². The van der Waals surface area contributed by atoms with E-state index in [2.05, 4.69) is 6.92 Å². The predicted octanol–water partition coefficient (Wildman–Crippen LogP) is 6.95. The molecule has 0 radical (unpaired) electrons. The van der Waals surface area contributed by atoms with E-state index >= 15 is 0 Å². The Kier molecular flexibility index (Phi) is 7.03. The van der Waals surface area contributed by atoms with E-state index in [1.165, 1.54) is 32.1 Å². The van der Waals surface area contributed by atoms with Crippen molar-refractivity contribution in [3.63, 3.8) is 0 Å². The highest BCUT2D eigenvalue weighted by Gasteiger charge is 2.23. The van der Waals surface area contributed by atoms with Crippen molar-refractivity contribution in [2.45, 2.75) is 58.0 Å². The summed E-state index contributed by atoms with van der Waals surface area (Å²) in [5, 5.41) is 8.84. The van der Waals surface area contributed by atoms with Crippen molar-refractivity contribution in [1.29, 1.82) is 5.26 Å². The average molecular weight is 383 g/mol. The molecule has 1 unspecified atom stereocenters. The fourth-order valence-electron chi connectivity index (χ4n) is 4.17. The molecule has 1 fully saturated rings. The Morgan fingerprint density at radius 2 is 1.64 bits per heavy atom. The summed E-state index contributed by atoms with van der Waals surface area (Å²) in [7, 11) is 0. The van der Waals surface area contributed by atoms with E-state index in [0.29, 0.717) is 5.92 Å². The van der Waals surface area contributed by atoms with Crippen molar-refractivity contribution in [2.75, 3.05) is 0 Å². The van der Waals surface area contributed by atoms with Gasteiger partial charge >= 0.3 is 0 Å². The highest BCUT2D eigenvalue weighted by Crippen LogP contribution is 2.36. The average Bonchev–Trinajstić information content (AvgIpc) is 2.72. The smallest absolute Gasteiger partial charge is 0.147 e. The van der Waals surface area contributed by atoms with Crippen LogP contribution in [0.2, 0.25) is 0 Å². The lowest BCUT2D eigenvalue weighted by atomic mass is 9.78. The lowest BCUT2D eigenvalue weighted by molar-refractivity contribution is 0.167. The van der Waals surface area contributed by atoms with Crippen LogP contribution < -0.4 is 4.74 Å². The maximum atomic E-state index is 14.0. The molecule has 0 heterocycles. The number of benzene rings is 2. The van der Waals surface area contributed by atoms with Gasteiger partial charge in [0.25, 0.3) is 0 Å². The third-order valence-electron chi connectivity index (χ3n) is 5.96. The molecule has 4 heteroatoms. The minimum absolute atomic E-state index is 0.123. The molecule has 0 aliphatic heterocycles. The van der Waals surface area contributed by atoms with Gasteiger partial charge in [-0.3, -0.25) is 0 Å². The van der Waals surface area contributed by atoms with E-state index < -0.39 is 17.2 Å². The van der Waals surface area contributed by atoms with Crippen molar-refractivity contribution < 1.29 is 13.5 Å². The predicted molar refractivity (Wildman–Crippen MR) is 106 cm³/mol. The second kappa shape index (κ2) is 9.68. The topological polar surface area (TPSA) is 33.0 Å². The first-order chi connectivity index (χ1) is 13.6. The zero-order chi connectivity index (χ0) is 19.9. The molecule has 0 bridgehead atoms. The Morgan fingerprint density at radius 1 is 1.04 bits per heavy atom. The number of ether oxygens (including phenoxy) is 1. The summed E-state index contributed by atoms with van der Waals surface area (Å²) in [6.45, 7) is 2.26. The summed E-state index contributed by atoms with van der Waals surface area (Å²) in [4.78, 5) is 0. The molecule has 0 N–H and O–H groups in total. The summed E-state index contributed by atoms with van der Waals surface area (Å²) in [5.74, 6) is -0.101. The fraction of sp³-hybridized carbons (Fsp3) is 0.458. The van der Waals surface area contributed by atoms with E-state index in [9.17, 15) is 8.78 Å². The molecule has 3 rings (SSSR count). The highest BCUT2D eigenvalue weighted by molar-refractivity contribution is 5.38. The number of rotatable bonds is 7. The maximum Gasteiger partial charge on any atom is 0.147 e. The molecular formula is C24H27F2NO. The molecule has 1 aliphatic carbocycles. The molecule has 1 saturated carbocycles. The molecule has 1 atom stereocenters. The zero-order valence-corrected chi connectivity index (χ0v) is 16.3. The second-order valence-corrected chi connectivity index (χ2v) is 7.76. The first-order valence-electron chi connectivity index (χ1n) is 10.2. The Balaban J connectivity index is 1.71.